The van der Waals surface area contributed by atoms with E-state index in [0.29, 0.717) is 19.5 Å². The van der Waals surface area contributed by atoms with Crippen LogP contribution in [0, 0.1) is 12.3 Å². The van der Waals surface area contributed by atoms with E-state index in [-0.39, 0.29) is 11.8 Å². The van der Waals surface area contributed by atoms with Gasteiger partial charge in [0.05, 0.1) is 7.11 Å². The zero-order valence-corrected chi connectivity index (χ0v) is 16.5. The normalized spacial score (nSPS) is 11.0. The van der Waals surface area contributed by atoms with E-state index in [0.717, 1.165) is 16.9 Å². The van der Waals surface area contributed by atoms with Crippen LogP contribution in [-0.2, 0) is 22.6 Å². The summed E-state index contributed by atoms with van der Waals surface area (Å²) in [5, 5.41) is 5.70. The van der Waals surface area contributed by atoms with Crippen LogP contribution in [0.3, 0.4) is 0 Å². The van der Waals surface area contributed by atoms with E-state index in [2.05, 4.69) is 10.6 Å². The minimum atomic E-state index is -1.15. The first kappa shape index (κ1) is 20.5. The fraction of sp³-hybridized carbons (Fsp3) is 0.364. The lowest BCUT2D eigenvalue weighted by Crippen LogP contribution is -2.48. The maximum atomic E-state index is 12.5. The molecule has 0 aliphatic rings. The number of aryl methyl sites for hydroxylation is 1. The number of rotatable bonds is 8. The second kappa shape index (κ2) is 9.21. The molecular weight excluding hydrogens is 340 g/mol. The number of para-hydroxylation sites is 1. The third-order valence-electron chi connectivity index (χ3n) is 4.58. The predicted octanol–water partition coefficient (Wildman–Crippen LogP) is 3.00. The monoisotopic (exact) mass is 368 g/mol. The largest absolute Gasteiger partial charge is 0.496 e. The number of nitrogens with one attached hydrogen (secondary N) is 2. The highest BCUT2D eigenvalue weighted by atomic mass is 16.5. The molecule has 2 amide bonds. The molecule has 0 heterocycles. The number of hydrogen-bond donors (Lipinski definition) is 2. The molecule has 2 rings (SSSR count). The van der Waals surface area contributed by atoms with Gasteiger partial charge in [-0.25, -0.2) is 0 Å². The van der Waals surface area contributed by atoms with Gasteiger partial charge in [-0.15, -0.1) is 0 Å². The first-order valence-corrected chi connectivity index (χ1v) is 9.08. The minimum Gasteiger partial charge on any atom is -0.496 e. The van der Waals surface area contributed by atoms with Gasteiger partial charge in [-0.05, 0) is 44.4 Å². The van der Waals surface area contributed by atoms with Gasteiger partial charge in [0.15, 0.2) is 0 Å². The van der Waals surface area contributed by atoms with Crippen LogP contribution < -0.4 is 15.4 Å². The number of hydrogen-bond acceptors (Lipinski definition) is 3. The van der Waals surface area contributed by atoms with Crippen molar-refractivity contribution in [2.75, 3.05) is 13.7 Å². The fourth-order valence-electron chi connectivity index (χ4n) is 2.65. The van der Waals surface area contributed by atoms with Crippen molar-refractivity contribution < 1.29 is 14.3 Å². The molecular formula is C22H28N2O3. The van der Waals surface area contributed by atoms with Crippen LogP contribution in [0.4, 0.5) is 0 Å². The summed E-state index contributed by atoms with van der Waals surface area (Å²) in [6.07, 6.45) is 0.636. The summed E-state index contributed by atoms with van der Waals surface area (Å²) in [4.78, 5) is 25.0. The van der Waals surface area contributed by atoms with Crippen LogP contribution >= 0.6 is 0 Å². The molecule has 2 aromatic rings. The molecule has 0 bridgehead atoms. The molecule has 0 aliphatic carbocycles. The topological polar surface area (TPSA) is 67.4 Å². The van der Waals surface area contributed by atoms with Crippen molar-refractivity contribution in [3.8, 4) is 5.75 Å². The van der Waals surface area contributed by atoms with Crippen LogP contribution in [0.25, 0.3) is 0 Å². The van der Waals surface area contributed by atoms with Gasteiger partial charge in [0.2, 0.25) is 11.8 Å². The summed E-state index contributed by atoms with van der Waals surface area (Å²) in [7, 11) is 1.62. The van der Waals surface area contributed by atoms with Crippen molar-refractivity contribution in [2.45, 2.75) is 33.7 Å². The maximum absolute atomic E-state index is 12.5. The highest BCUT2D eigenvalue weighted by Crippen LogP contribution is 2.18. The number of amides is 2. The second-order valence-corrected chi connectivity index (χ2v) is 7.11. The average Bonchev–Trinajstić information content (AvgIpc) is 2.67. The molecule has 27 heavy (non-hydrogen) atoms. The average molecular weight is 368 g/mol. The first-order valence-electron chi connectivity index (χ1n) is 9.08. The molecule has 5 heteroatoms. The zero-order valence-electron chi connectivity index (χ0n) is 16.5. The molecule has 0 saturated carbocycles. The Balaban J connectivity index is 1.85. The van der Waals surface area contributed by atoms with Crippen LogP contribution in [-0.4, -0.2) is 25.5 Å². The predicted molar refractivity (Wildman–Crippen MR) is 107 cm³/mol. The Morgan fingerprint density at radius 3 is 2.26 bits per heavy atom. The summed E-state index contributed by atoms with van der Waals surface area (Å²) < 4.78 is 5.31. The number of carbonyl (C=O) groups excluding carboxylic acids is 2. The number of benzene rings is 2. The van der Waals surface area contributed by atoms with Gasteiger partial charge in [-0.2, -0.15) is 0 Å². The molecule has 0 unspecified atom stereocenters. The summed E-state index contributed by atoms with van der Waals surface area (Å²) in [5.74, 6) is 0.207. The Bertz CT molecular complexity index is 782. The SMILES string of the molecule is COc1ccccc1CCNC(=O)C(C)(C)C(=O)NCc1ccc(C)cc1. The van der Waals surface area contributed by atoms with Crippen molar-refractivity contribution in [1.82, 2.24) is 10.6 Å². The van der Waals surface area contributed by atoms with Gasteiger partial charge < -0.3 is 15.4 Å². The quantitative estimate of drug-likeness (QED) is 0.704. The first-order chi connectivity index (χ1) is 12.8. The smallest absolute Gasteiger partial charge is 0.235 e. The van der Waals surface area contributed by atoms with Crippen LogP contribution in [0.15, 0.2) is 48.5 Å². The molecule has 0 atom stereocenters. The Hall–Kier alpha value is -2.82. The van der Waals surface area contributed by atoms with E-state index < -0.39 is 5.41 Å². The molecule has 0 fully saturated rings. The molecule has 144 valence electrons. The summed E-state index contributed by atoms with van der Waals surface area (Å²) in [5.41, 5.74) is 2.04. The molecule has 2 N–H and O–H groups in total. The van der Waals surface area contributed by atoms with Crippen LogP contribution in [0.1, 0.15) is 30.5 Å². The maximum Gasteiger partial charge on any atom is 0.235 e. The Kier molecular flexibility index (Phi) is 6.99. The van der Waals surface area contributed by atoms with E-state index >= 15 is 0 Å². The van der Waals surface area contributed by atoms with E-state index in [1.165, 1.54) is 5.56 Å². The van der Waals surface area contributed by atoms with Crippen molar-refractivity contribution in [3.05, 3.63) is 65.2 Å². The lowest BCUT2D eigenvalue weighted by Gasteiger charge is -2.23. The molecule has 0 spiro atoms. The Morgan fingerprint density at radius 1 is 0.963 bits per heavy atom. The van der Waals surface area contributed by atoms with Crippen molar-refractivity contribution >= 4 is 11.8 Å². The number of carbonyl (C=O) groups is 2. The zero-order chi connectivity index (χ0) is 19.9. The molecule has 2 aromatic carbocycles. The Labute approximate surface area is 161 Å². The van der Waals surface area contributed by atoms with Gasteiger partial charge in [-0.3, -0.25) is 9.59 Å². The van der Waals surface area contributed by atoms with E-state index in [1.807, 2.05) is 55.5 Å². The summed E-state index contributed by atoms with van der Waals surface area (Å²) in [6, 6.07) is 15.6. The third kappa shape index (κ3) is 5.58. The second-order valence-electron chi connectivity index (χ2n) is 7.11. The third-order valence-corrected chi connectivity index (χ3v) is 4.58. The molecule has 0 aromatic heterocycles. The Morgan fingerprint density at radius 2 is 1.59 bits per heavy atom. The number of ether oxygens (including phenoxy) is 1. The molecule has 0 radical (unpaired) electrons. The molecule has 0 saturated heterocycles. The summed E-state index contributed by atoms with van der Waals surface area (Å²) in [6.45, 7) is 6.12. The van der Waals surface area contributed by atoms with Gasteiger partial charge in [0.25, 0.3) is 0 Å². The van der Waals surface area contributed by atoms with Gasteiger partial charge >= 0.3 is 0 Å². The lowest BCUT2D eigenvalue weighted by atomic mass is 9.91. The lowest BCUT2D eigenvalue weighted by molar-refractivity contribution is -0.141. The molecule has 0 aliphatic heterocycles. The van der Waals surface area contributed by atoms with Gasteiger partial charge in [0.1, 0.15) is 11.2 Å². The summed E-state index contributed by atoms with van der Waals surface area (Å²) >= 11 is 0. The van der Waals surface area contributed by atoms with Crippen LogP contribution in [0.2, 0.25) is 0 Å². The van der Waals surface area contributed by atoms with Crippen molar-refractivity contribution in [2.24, 2.45) is 5.41 Å². The van der Waals surface area contributed by atoms with Crippen molar-refractivity contribution in [1.29, 1.82) is 0 Å². The highest BCUT2D eigenvalue weighted by molar-refractivity contribution is 6.04. The van der Waals surface area contributed by atoms with E-state index in [1.54, 1.807) is 21.0 Å². The van der Waals surface area contributed by atoms with E-state index in [9.17, 15) is 9.59 Å². The van der Waals surface area contributed by atoms with Crippen LogP contribution in [0.5, 0.6) is 5.75 Å². The standard InChI is InChI=1S/C22H28N2O3/c1-16-9-11-17(12-10-16)15-24-21(26)22(2,3)20(25)23-14-13-18-7-5-6-8-19(18)27-4/h5-12H,13-15H2,1-4H3,(H,23,25)(H,24,26). The minimum absolute atomic E-state index is 0.293. The fourth-order valence-corrected chi connectivity index (χ4v) is 2.65. The van der Waals surface area contributed by atoms with Gasteiger partial charge in [-0.1, -0.05) is 48.0 Å². The number of methoxy groups -OCH3 is 1. The van der Waals surface area contributed by atoms with Crippen molar-refractivity contribution in [3.63, 3.8) is 0 Å². The van der Waals surface area contributed by atoms with E-state index in [4.69, 9.17) is 4.74 Å². The highest BCUT2D eigenvalue weighted by Gasteiger charge is 2.35. The molecule has 5 nitrogen and oxygen atoms in total. The van der Waals surface area contributed by atoms with Gasteiger partial charge in [0, 0.05) is 13.1 Å².